The molecule has 26 heavy (non-hydrogen) atoms. The Balaban J connectivity index is 1.63. The number of nitrogens with zero attached hydrogens (tertiary/aromatic N) is 1. The smallest absolute Gasteiger partial charge is 0.410 e. The third-order valence-electron chi connectivity index (χ3n) is 3.09. The first-order valence-corrected chi connectivity index (χ1v) is 9.93. The summed E-state index contributed by atoms with van der Waals surface area (Å²) < 4.78 is 31.9. The molecule has 0 aliphatic rings. The van der Waals surface area contributed by atoms with E-state index in [4.69, 9.17) is 16.3 Å². The van der Waals surface area contributed by atoms with Crippen LogP contribution in [0.2, 0.25) is 5.02 Å². The number of carbonyl (C=O) groups excluding carboxylic acids is 1. The minimum absolute atomic E-state index is 0.0457. The Hall–Kier alpha value is -2.62. The van der Waals surface area contributed by atoms with Crippen LogP contribution < -0.4 is 14.8 Å². The van der Waals surface area contributed by atoms with E-state index in [1.54, 1.807) is 29.6 Å². The summed E-state index contributed by atoms with van der Waals surface area (Å²) in [7, 11) is -3.74. The molecule has 10 heteroatoms. The number of thiazole rings is 1. The molecule has 0 fully saturated rings. The molecule has 3 rings (SSSR count). The summed E-state index contributed by atoms with van der Waals surface area (Å²) in [6, 6.07) is 12.0. The van der Waals surface area contributed by atoms with Crippen molar-refractivity contribution in [3.8, 4) is 5.75 Å². The first-order chi connectivity index (χ1) is 12.4. The topological polar surface area (TPSA) is 97.4 Å². The van der Waals surface area contributed by atoms with Crippen molar-refractivity contribution >= 4 is 49.9 Å². The van der Waals surface area contributed by atoms with Gasteiger partial charge in [-0.1, -0.05) is 11.6 Å². The third-order valence-corrected chi connectivity index (χ3v) is 5.51. The van der Waals surface area contributed by atoms with Crippen LogP contribution in [0.4, 0.5) is 15.6 Å². The van der Waals surface area contributed by atoms with E-state index >= 15 is 0 Å². The maximum atomic E-state index is 12.2. The van der Waals surface area contributed by atoms with Gasteiger partial charge in [-0.3, -0.25) is 10.0 Å². The average Bonchev–Trinajstić information content (AvgIpc) is 3.09. The van der Waals surface area contributed by atoms with Gasteiger partial charge < -0.3 is 4.74 Å². The number of hydrogen-bond acceptors (Lipinski definition) is 6. The molecule has 2 aromatic carbocycles. The Bertz CT molecular complexity index is 989. The maximum Gasteiger partial charge on any atom is 0.417 e. The van der Waals surface area contributed by atoms with Gasteiger partial charge in [0.1, 0.15) is 5.75 Å². The first kappa shape index (κ1) is 18.2. The zero-order valence-electron chi connectivity index (χ0n) is 13.0. The fourth-order valence-electron chi connectivity index (χ4n) is 1.92. The number of sulfonamides is 1. The number of hydrogen-bond donors (Lipinski definition) is 2. The molecule has 3 aromatic rings. The van der Waals surface area contributed by atoms with Gasteiger partial charge in [-0.2, -0.15) is 0 Å². The molecule has 0 atom stereocenters. The molecule has 1 amide bonds. The largest absolute Gasteiger partial charge is 0.417 e. The summed E-state index contributed by atoms with van der Waals surface area (Å²) in [6.45, 7) is 0. The summed E-state index contributed by atoms with van der Waals surface area (Å²) in [4.78, 5) is 15.8. The molecule has 2 N–H and O–H groups in total. The van der Waals surface area contributed by atoms with Crippen molar-refractivity contribution in [1.82, 2.24) is 4.98 Å². The van der Waals surface area contributed by atoms with Crippen LogP contribution in [-0.2, 0) is 10.0 Å². The van der Waals surface area contributed by atoms with Crippen LogP contribution in [0, 0.1) is 0 Å². The molecule has 0 saturated carbocycles. The summed E-state index contributed by atoms with van der Waals surface area (Å²) in [5.41, 5.74) is 0.386. The normalized spacial score (nSPS) is 11.0. The number of anilines is 2. The van der Waals surface area contributed by atoms with Crippen molar-refractivity contribution in [2.75, 3.05) is 10.0 Å². The van der Waals surface area contributed by atoms with Crippen LogP contribution in [0.1, 0.15) is 0 Å². The second kappa shape index (κ2) is 7.73. The second-order valence-electron chi connectivity index (χ2n) is 4.94. The molecule has 0 saturated heterocycles. The van der Waals surface area contributed by atoms with Crippen LogP contribution in [0.25, 0.3) is 0 Å². The Labute approximate surface area is 158 Å². The standard InChI is InChI=1S/C16H12ClN3O4S2/c17-11-1-5-13(6-2-11)24-16(21)19-12-3-7-14(8-4-12)26(22,23)20-15-18-9-10-25-15/h1-10H,(H,18,20)(H,19,21). The lowest BCUT2D eigenvalue weighted by atomic mass is 10.3. The van der Waals surface area contributed by atoms with E-state index in [9.17, 15) is 13.2 Å². The predicted octanol–water partition coefficient (Wildman–Crippen LogP) is 4.21. The van der Waals surface area contributed by atoms with Crippen molar-refractivity contribution in [1.29, 1.82) is 0 Å². The highest BCUT2D eigenvalue weighted by atomic mass is 35.5. The van der Waals surface area contributed by atoms with Gasteiger partial charge in [0.2, 0.25) is 0 Å². The Morgan fingerprint density at radius 3 is 2.38 bits per heavy atom. The van der Waals surface area contributed by atoms with Crippen molar-refractivity contribution in [2.24, 2.45) is 0 Å². The molecule has 134 valence electrons. The number of halogens is 1. The number of ether oxygens (including phenoxy) is 1. The van der Waals surface area contributed by atoms with E-state index in [1.807, 2.05) is 0 Å². The van der Waals surface area contributed by atoms with Gasteiger partial charge in [-0.25, -0.2) is 18.2 Å². The lowest BCUT2D eigenvalue weighted by Crippen LogP contribution is -2.17. The second-order valence-corrected chi connectivity index (χ2v) is 7.95. The molecular formula is C16H12ClN3O4S2. The minimum atomic E-state index is -3.74. The number of nitrogens with one attached hydrogen (secondary N) is 2. The van der Waals surface area contributed by atoms with Gasteiger partial charge in [-0.05, 0) is 48.5 Å². The van der Waals surface area contributed by atoms with Crippen molar-refractivity contribution in [3.63, 3.8) is 0 Å². The lowest BCUT2D eigenvalue weighted by molar-refractivity contribution is 0.215. The van der Waals surface area contributed by atoms with Gasteiger partial charge in [0.05, 0.1) is 4.90 Å². The van der Waals surface area contributed by atoms with Crippen LogP contribution in [0.5, 0.6) is 5.75 Å². The highest BCUT2D eigenvalue weighted by Gasteiger charge is 2.15. The Morgan fingerprint density at radius 1 is 1.08 bits per heavy atom. The van der Waals surface area contributed by atoms with Crippen LogP contribution in [-0.4, -0.2) is 19.5 Å². The SMILES string of the molecule is O=C(Nc1ccc(S(=O)(=O)Nc2nccs2)cc1)Oc1ccc(Cl)cc1. The number of amides is 1. The van der Waals surface area contributed by atoms with Gasteiger partial charge in [0.25, 0.3) is 10.0 Å². The Morgan fingerprint density at radius 2 is 1.77 bits per heavy atom. The highest BCUT2D eigenvalue weighted by molar-refractivity contribution is 7.93. The molecule has 1 heterocycles. The minimum Gasteiger partial charge on any atom is -0.410 e. The van der Waals surface area contributed by atoms with E-state index in [0.29, 0.717) is 16.5 Å². The summed E-state index contributed by atoms with van der Waals surface area (Å²) in [5.74, 6) is 0.332. The monoisotopic (exact) mass is 409 g/mol. The molecule has 0 bridgehead atoms. The lowest BCUT2D eigenvalue weighted by Gasteiger charge is -2.08. The molecule has 0 radical (unpaired) electrons. The van der Waals surface area contributed by atoms with E-state index in [2.05, 4.69) is 15.0 Å². The molecule has 0 unspecified atom stereocenters. The maximum absolute atomic E-state index is 12.2. The molecular weight excluding hydrogens is 398 g/mol. The van der Waals surface area contributed by atoms with Gasteiger partial charge in [0.15, 0.2) is 5.13 Å². The summed E-state index contributed by atoms with van der Waals surface area (Å²) >= 11 is 6.94. The number of aromatic nitrogens is 1. The molecule has 7 nitrogen and oxygen atoms in total. The highest BCUT2D eigenvalue weighted by Crippen LogP contribution is 2.20. The Kier molecular flexibility index (Phi) is 5.40. The van der Waals surface area contributed by atoms with E-state index < -0.39 is 16.1 Å². The first-order valence-electron chi connectivity index (χ1n) is 7.19. The van der Waals surface area contributed by atoms with E-state index in [0.717, 1.165) is 0 Å². The van der Waals surface area contributed by atoms with E-state index in [1.165, 1.54) is 41.8 Å². The fourth-order valence-corrected chi connectivity index (χ4v) is 3.83. The summed E-state index contributed by atoms with van der Waals surface area (Å²) in [5, 5.41) is 4.98. The molecule has 1 aromatic heterocycles. The molecule has 0 spiro atoms. The fraction of sp³-hybridized carbons (Fsp3) is 0. The predicted molar refractivity (Wildman–Crippen MR) is 100 cm³/mol. The van der Waals surface area contributed by atoms with Crippen LogP contribution >= 0.6 is 22.9 Å². The summed E-state index contributed by atoms with van der Waals surface area (Å²) in [6.07, 6.45) is 0.797. The quantitative estimate of drug-likeness (QED) is 0.657. The third kappa shape index (κ3) is 4.72. The van der Waals surface area contributed by atoms with Crippen molar-refractivity contribution in [3.05, 3.63) is 65.1 Å². The van der Waals surface area contributed by atoms with Gasteiger partial charge in [-0.15, -0.1) is 11.3 Å². The van der Waals surface area contributed by atoms with Crippen LogP contribution in [0.3, 0.4) is 0 Å². The van der Waals surface area contributed by atoms with Crippen LogP contribution in [0.15, 0.2) is 65.0 Å². The number of rotatable bonds is 5. The zero-order valence-corrected chi connectivity index (χ0v) is 15.4. The van der Waals surface area contributed by atoms with Crippen molar-refractivity contribution < 1.29 is 17.9 Å². The molecule has 0 aliphatic heterocycles. The average molecular weight is 410 g/mol. The number of carbonyl (C=O) groups is 1. The van der Waals surface area contributed by atoms with E-state index in [-0.39, 0.29) is 10.0 Å². The zero-order chi connectivity index (χ0) is 18.6. The van der Waals surface area contributed by atoms with Gasteiger partial charge >= 0.3 is 6.09 Å². The van der Waals surface area contributed by atoms with Gasteiger partial charge in [0, 0.05) is 22.3 Å². The molecule has 0 aliphatic carbocycles. The van der Waals surface area contributed by atoms with Crippen molar-refractivity contribution in [2.45, 2.75) is 4.90 Å². The number of benzene rings is 2.